The molecular formula is C28H28ClF3N2O5S. The number of aromatic nitrogens is 1. The maximum absolute atomic E-state index is 13.6. The number of esters is 1. The molecule has 1 atom stereocenters. The van der Waals surface area contributed by atoms with Gasteiger partial charge in [0.05, 0.1) is 28.7 Å². The first-order chi connectivity index (χ1) is 19.0. The molecule has 0 bridgehead atoms. The molecule has 2 aromatic carbocycles. The van der Waals surface area contributed by atoms with Crippen molar-refractivity contribution in [2.24, 2.45) is 5.92 Å². The molecule has 4 rings (SSSR count). The molecule has 0 aliphatic carbocycles. The molecule has 0 saturated carbocycles. The molecule has 12 heteroatoms. The van der Waals surface area contributed by atoms with E-state index in [1.165, 1.54) is 18.2 Å². The number of ketones is 1. The number of carbonyl (C=O) groups is 2. The zero-order valence-electron chi connectivity index (χ0n) is 21.6. The Morgan fingerprint density at radius 2 is 2.00 bits per heavy atom. The Labute approximate surface area is 237 Å². The number of H-pyrrole nitrogens is 1. The molecule has 2 heterocycles. The number of halogens is 4. The molecule has 1 aliphatic rings. The standard InChI is InChI=1S/C28H28ClF3N2O5S/c1-2-39-27(38)16-4-3-10-34(14-16)11-9-19(35)15-40-25-24(21-13-18(29)6-8-23(21)36)20-12-17(28(30,31)32)5-7-22(20)33-26(25)37/h5-8,12-13,16,36H,2-4,9-11,14-15H2,1H3,(H,33,37). The number of fused-ring (bicyclic) bond motifs is 1. The van der Waals surface area contributed by atoms with Crippen molar-refractivity contribution in [3.05, 3.63) is 57.3 Å². The summed E-state index contributed by atoms with van der Waals surface area (Å²) in [4.78, 5) is 42.7. The number of hydrogen-bond acceptors (Lipinski definition) is 7. The summed E-state index contributed by atoms with van der Waals surface area (Å²) < 4.78 is 45.8. The fourth-order valence-corrected chi connectivity index (χ4v) is 5.95. The summed E-state index contributed by atoms with van der Waals surface area (Å²) >= 11 is 7.03. The average molecular weight is 597 g/mol. The molecule has 2 N–H and O–H groups in total. The SMILES string of the molecule is CCOC(=O)C1CCCN(CCC(=O)CSc2c(-c3cc(Cl)ccc3O)c3cc(C(F)(F)F)ccc3[nH]c2=O)C1. The topological polar surface area (TPSA) is 99.7 Å². The number of alkyl halides is 3. The number of benzene rings is 2. The molecule has 1 saturated heterocycles. The summed E-state index contributed by atoms with van der Waals surface area (Å²) in [5.41, 5.74) is -1.24. The molecule has 0 radical (unpaired) electrons. The number of likely N-dealkylation sites (tertiary alicyclic amines) is 1. The molecule has 0 spiro atoms. The van der Waals surface area contributed by atoms with Crippen LogP contribution in [0.2, 0.25) is 5.02 Å². The number of nitrogens with one attached hydrogen (secondary N) is 1. The molecule has 1 unspecified atom stereocenters. The highest BCUT2D eigenvalue weighted by atomic mass is 35.5. The van der Waals surface area contributed by atoms with Crippen LogP contribution in [0.25, 0.3) is 22.0 Å². The minimum Gasteiger partial charge on any atom is -0.507 e. The lowest BCUT2D eigenvalue weighted by molar-refractivity contribution is -0.149. The van der Waals surface area contributed by atoms with Crippen LogP contribution in [-0.4, -0.2) is 58.7 Å². The normalized spacial score (nSPS) is 16.3. The minimum atomic E-state index is -4.64. The van der Waals surface area contributed by atoms with E-state index in [1.54, 1.807) is 6.92 Å². The van der Waals surface area contributed by atoms with Crippen molar-refractivity contribution < 1.29 is 32.6 Å². The van der Waals surface area contributed by atoms with Crippen molar-refractivity contribution in [2.75, 3.05) is 32.0 Å². The fourth-order valence-electron chi connectivity index (χ4n) is 4.78. The fraction of sp³-hybridized carbons (Fsp3) is 0.393. The predicted octanol–water partition coefficient (Wildman–Crippen LogP) is 5.90. The maximum Gasteiger partial charge on any atom is 0.416 e. The molecule has 214 valence electrons. The van der Waals surface area contributed by atoms with Gasteiger partial charge in [0.2, 0.25) is 0 Å². The number of aromatic hydroxyl groups is 1. The summed E-state index contributed by atoms with van der Waals surface area (Å²) in [6.45, 7) is 3.75. The summed E-state index contributed by atoms with van der Waals surface area (Å²) in [6.07, 6.45) is -2.92. The van der Waals surface area contributed by atoms with Gasteiger partial charge in [-0.2, -0.15) is 13.2 Å². The second-order valence-corrected chi connectivity index (χ2v) is 11.0. The van der Waals surface area contributed by atoms with E-state index < -0.39 is 17.3 Å². The largest absolute Gasteiger partial charge is 0.507 e. The third kappa shape index (κ3) is 7.00. The molecule has 1 aliphatic heterocycles. The lowest BCUT2D eigenvalue weighted by atomic mass is 9.98. The number of rotatable bonds is 9. The molecule has 3 aromatic rings. The maximum atomic E-state index is 13.6. The van der Waals surface area contributed by atoms with Gasteiger partial charge in [0.25, 0.3) is 5.56 Å². The first-order valence-electron chi connectivity index (χ1n) is 12.8. The van der Waals surface area contributed by atoms with Crippen LogP contribution in [0.4, 0.5) is 13.2 Å². The number of Topliss-reactive ketones (excluding diaryl/α,β-unsaturated/α-hetero) is 1. The number of pyridine rings is 1. The van der Waals surface area contributed by atoms with Crippen LogP contribution in [0.1, 0.15) is 31.7 Å². The third-order valence-electron chi connectivity index (χ3n) is 6.74. The molecule has 0 amide bonds. The monoisotopic (exact) mass is 596 g/mol. The van der Waals surface area contributed by atoms with Gasteiger partial charge in [-0.25, -0.2) is 0 Å². The highest BCUT2D eigenvalue weighted by Gasteiger charge is 2.32. The zero-order chi connectivity index (χ0) is 29.0. The first-order valence-corrected chi connectivity index (χ1v) is 14.1. The number of hydrogen-bond donors (Lipinski definition) is 2. The molecular weight excluding hydrogens is 569 g/mol. The van der Waals surface area contributed by atoms with Crippen molar-refractivity contribution >= 4 is 46.0 Å². The highest BCUT2D eigenvalue weighted by Crippen LogP contribution is 2.42. The van der Waals surface area contributed by atoms with Gasteiger partial charge in [0.15, 0.2) is 0 Å². The van der Waals surface area contributed by atoms with Crippen LogP contribution in [0.5, 0.6) is 5.75 Å². The molecule has 1 aromatic heterocycles. The van der Waals surface area contributed by atoms with Crippen LogP contribution in [-0.2, 0) is 20.5 Å². The van der Waals surface area contributed by atoms with Crippen LogP contribution in [0, 0.1) is 5.92 Å². The Morgan fingerprint density at radius 3 is 2.73 bits per heavy atom. The van der Waals surface area contributed by atoms with Crippen molar-refractivity contribution in [3.63, 3.8) is 0 Å². The number of aromatic amines is 1. The summed E-state index contributed by atoms with van der Waals surface area (Å²) in [6, 6.07) is 7.01. The summed E-state index contributed by atoms with van der Waals surface area (Å²) in [7, 11) is 0. The van der Waals surface area contributed by atoms with Crippen molar-refractivity contribution in [2.45, 2.75) is 37.3 Å². The number of nitrogens with zero attached hydrogens (tertiary/aromatic N) is 1. The Bertz CT molecular complexity index is 1480. The van der Waals surface area contributed by atoms with Gasteiger partial charge in [0.1, 0.15) is 11.5 Å². The zero-order valence-corrected chi connectivity index (χ0v) is 23.2. The number of thioether (sulfide) groups is 1. The van der Waals surface area contributed by atoms with Gasteiger partial charge in [0, 0.05) is 46.6 Å². The minimum absolute atomic E-state index is 0.00177. The summed E-state index contributed by atoms with van der Waals surface area (Å²) in [5.74, 6) is -1.04. The number of ether oxygens (including phenoxy) is 1. The van der Waals surface area contributed by atoms with Crippen LogP contribution in [0.3, 0.4) is 0 Å². The van der Waals surface area contributed by atoms with Gasteiger partial charge >= 0.3 is 12.1 Å². The first kappa shape index (κ1) is 30.0. The van der Waals surface area contributed by atoms with E-state index in [0.29, 0.717) is 19.7 Å². The van der Waals surface area contributed by atoms with Crippen LogP contribution in [0.15, 0.2) is 46.1 Å². The molecule has 1 fully saturated rings. The van der Waals surface area contributed by atoms with E-state index in [9.17, 15) is 32.7 Å². The van der Waals surface area contributed by atoms with E-state index in [2.05, 4.69) is 4.98 Å². The van der Waals surface area contributed by atoms with E-state index in [4.69, 9.17) is 16.3 Å². The second kappa shape index (κ2) is 12.7. The van der Waals surface area contributed by atoms with E-state index in [-0.39, 0.29) is 67.5 Å². The molecule has 40 heavy (non-hydrogen) atoms. The molecule has 7 nitrogen and oxygen atoms in total. The average Bonchev–Trinajstić information content (AvgIpc) is 2.91. The Balaban J connectivity index is 1.59. The van der Waals surface area contributed by atoms with Crippen LogP contribution < -0.4 is 5.56 Å². The van der Waals surface area contributed by atoms with Gasteiger partial charge in [-0.1, -0.05) is 11.6 Å². The van der Waals surface area contributed by atoms with Gasteiger partial charge in [-0.15, -0.1) is 11.8 Å². The van der Waals surface area contributed by atoms with Crippen LogP contribution >= 0.6 is 23.4 Å². The van der Waals surface area contributed by atoms with E-state index in [0.717, 1.165) is 49.3 Å². The lowest BCUT2D eigenvalue weighted by Gasteiger charge is -2.31. The van der Waals surface area contributed by atoms with Crippen molar-refractivity contribution in [1.29, 1.82) is 0 Å². The Hall–Kier alpha value is -3.02. The van der Waals surface area contributed by atoms with Crippen molar-refractivity contribution in [1.82, 2.24) is 9.88 Å². The van der Waals surface area contributed by atoms with Crippen molar-refractivity contribution in [3.8, 4) is 16.9 Å². The van der Waals surface area contributed by atoms with E-state index >= 15 is 0 Å². The number of phenols is 1. The second-order valence-electron chi connectivity index (χ2n) is 9.55. The quantitative estimate of drug-likeness (QED) is 0.234. The third-order valence-corrected chi connectivity index (χ3v) is 8.12. The number of phenolic OH excluding ortho intramolecular Hbond substituents is 1. The predicted molar refractivity (Wildman–Crippen MR) is 148 cm³/mol. The van der Waals surface area contributed by atoms with Gasteiger partial charge in [-0.3, -0.25) is 14.4 Å². The lowest BCUT2D eigenvalue weighted by Crippen LogP contribution is -2.40. The summed E-state index contributed by atoms with van der Waals surface area (Å²) in [5, 5.41) is 10.9. The Morgan fingerprint density at radius 1 is 1.23 bits per heavy atom. The highest BCUT2D eigenvalue weighted by molar-refractivity contribution is 8.00. The van der Waals surface area contributed by atoms with E-state index in [1.807, 2.05) is 4.90 Å². The van der Waals surface area contributed by atoms with Gasteiger partial charge in [-0.05, 0) is 62.7 Å². The van der Waals surface area contributed by atoms with Gasteiger partial charge < -0.3 is 19.7 Å². The Kier molecular flexibility index (Phi) is 9.48. The number of piperidine rings is 1. The smallest absolute Gasteiger partial charge is 0.416 e. The number of carbonyl (C=O) groups excluding carboxylic acids is 2.